The highest BCUT2D eigenvalue weighted by molar-refractivity contribution is 5.42. The van der Waals surface area contributed by atoms with Gasteiger partial charge in [-0.1, -0.05) is 12.1 Å². The van der Waals surface area contributed by atoms with Crippen LogP contribution in [0, 0.1) is 0 Å². The molecule has 1 atom stereocenters. The maximum absolute atomic E-state index is 9.97. The van der Waals surface area contributed by atoms with Crippen LogP contribution in [0.4, 0.5) is 0 Å². The van der Waals surface area contributed by atoms with Crippen molar-refractivity contribution in [3.05, 3.63) is 53.9 Å². The molecule has 1 aromatic heterocycles. The van der Waals surface area contributed by atoms with E-state index in [1.807, 2.05) is 41.8 Å². The second kappa shape index (κ2) is 9.87. The van der Waals surface area contributed by atoms with Gasteiger partial charge in [-0.15, -0.1) is 0 Å². The molecule has 1 heterocycles. The Hall–Kier alpha value is -2.15. The van der Waals surface area contributed by atoms with Gasteiger partial charge in [0.2, 0.25) is 0 Å². The molecule has 0 bridgehead atoms. The average Bonchev–Trinajstić information content (AvgIpc) is 2.62. The normalized spacial score (nSPS) is 12.0. The number of methoxy groups -OCH3 is 2. The van der Waals surface area contributed by atoms with Crippen molar-refractivity contribution >= 4 is 0 Å². The average molecular weight is 333 g/mol. The summed E-state index contributed by atoms with van der Waals surface area (Å²) < 4.78 is 16.0. The summed E-state index contributed by atoms with van der Waals surface area (Å²) in [5, 5.41) is 12.0. The largest absolute Gasteiger partial charge is 0.493 e. The first-order valence-electron chi connectivity index (χ1n) is 7.90. The first-order valence-corrected chi connectivity index (χ1v) is 7.90. The summed E-state index contributed by atoms with van der Waals surface area (Å²) in [5.41, 5.74) is 2.11. The van der Waals surface area contributed by atoms with Crippen molar-refractivity contribution in [2.24, 2.45) is 0 Å². The van der Waals surface area contributed by atoms with Crippen molar-refractivity contribution in [2.45, 2.75) is 19.3 Å². The molecule has 0 spiro atoms. The third-order valence-corrected chi connectivity index (χ3v) is 3.57. The zero-order chi connectivity index (χ0) is 17.2. The van der Waals surface area contributed by atoms with Crippen molar-refractivity contribution < 1.29 is 24.6 Å². The Kier molecular flexibility index (Phi) is 7.48. The number of nitrogens with zero attached hydrogens (tertiary/aromatic N) is 1. The summed E-state index contributed by atoms with van der Waals surface area (Å²) in [6.45, 7) is 2.08. The molecule has 0 radical (unpaired) electrons. The van der Waals surface area contributed by atoms with Gasteiger partial charge in [0.25, 0.3) is 0 Å². The minimum Gasteiger partial charge on any atom is -0.493 e. The summed E-state index contributed by atoms with van der Waals surface area (Å²) in [4.78, 5) is 4.07. The van der Waals surface area contributed by atoms with Gasteiger partial charge in [0.05, 0.1) is 27.4 Å². The zero-order valence-electron chi connectivity index (χ0n) is 14.1. The molecule has 0 saturated carbocycles. The Labute approximate surface area is 142 Å². The van der Waals surface area contributed by atoms with Crippen LogP contribution in [0.3, 0.4) is 0 Å². The number of hydrogen-bond donors (Lipinski definition) is 2. The number of quaternary nitrogens is 1. The van der Waals surface area contributed by atoms with Crippen molar-refractivity contribution in [3.8, 4) is 11.5 Å². The van der Waals surface area contributed by atoms with Gasteiger partial charge in [0.15, 0.2) is 11.5 Å². The molecule has 0 fully saturated rings. The topological polar surface area (TPSA) is 77.4 Å². The molecule has 2 aromatic rings. The maximum atomic E-state index is 9.97. The molecule has 0 amide bonds. The monoisotopic (exact) mass is 333 g/mol. The number of aromatic nitrogens is 1. The Morgan fingerprint density at radius 1 is 1.12 bits per heavy atom. The number of pyridine rings is 1. The zero-order valence-corrected chi connectivity index (χ0v) is 14.1. The molecule has 0 aliphatic rings. The number of hydrogen-bond acceptors (Lipinski definition) is 5. The molecule has 3 N–H and O–H groups in total. The Bertz CT molecular complexity index is 607. The fraction of sp³-hybridized carbons (Fsp3) is 0.389. The van der Waals surface area contributed by atoms with Gasteiger partial charge < -0.3 is 24.6 Å². The molecule has 0 saturated heterocycles. The van der Waals surface area contributed by atoms with E-state index in [2.05, 4.69) is 4.98 Å². The van der Waals surface area contributed by atoms with E-state index in [-0.39, 0.29) is 6.61 Å². The standard InChI is InChI=1S/C18H24N2O4/c1-22-17-6-5-14(8-18(17)23-2)12-24-13-16(21)11-20-10-15-4-3-7-19-9-15/h3-9,16,20-21H,10-13H2,1-2H3/p+1/t16-/m1/s1. The molecular formula is C18H25N2O4+. The molecule has 1 aromatic carbocycles. The number of rotatable bonds is 10. The van der Waals surface area contributed by atoms with E-state index in [4.69, 9.17) is 14.2 Å². The summed E-state index contributed by atoms with van der Waals surface area (Å²) in [6.07, 6.45) is 3.07. The van der Waals surface area contributed by atoms with Gasteiger partial charge in [0, 0.05) is 18.0 Å². The van der Waals surface area contributed by atoms with E-state index < -0.39 is 6.10 Å². The van der Waals surface area contributed by atoms with Gasteiger partial charge in [-0.2, -0.15) is 0 Å². The highest BCUT2D eigenvalue weighted by Gasteiger charge is 2.08. The molecule has 130 valence electrons. The quantitative estimate of drug-likeness (QED) is 0.671. The fourth-order valence-corrected chi connectivity index (χ4v) is 2.31. The highest BCUT2D eigenvalue weighted by atomic mass is 16.5. The van der Waals surface area contributed by atoms with Gasteiger partial charge in [-0.25, -0.2) is 0 Å². The lowest BCUT2D eigenvalue weighted by Gasteiger charge is -2.12. The van der Waals surface area contributed by atoms with Crippen LogP contribution in [0.15, 0.2) is 42.7 Å². The smallest absolute Gasteiger partial charge is 0.161 e. The third kappa shape index (κ3) is 5.81. The molecule has 2 rings (SSSR count). The van der Waals surface area contributed by atoms with Crippen LogP contribution in [-0.2, 0) is 17.9 Å². The summed E-state index contributed by atoms with van der Waals surface area (Å²) in [6, 6.07) is 9.56. The molecule has 6 nitrogen and oxygen atoms in total. The molecule has 6 heteroatoms. The van der Waals surface area contributed by atoms with E-state index in [9.17, 15) is 5.11 Å². The van der Waals surface area contributed by atoms with Crippen molar-refractivity contribution in [2.75, 3.05) is 27.4 Å². The maximum Gasteiger partial charge on any atom is 0.161 e. The predicted molar refractivity (Wildman–Crippen MR) is 89.9 cm³/mol. The van der Waals surface area contributed by atoms with Crippen molar-refractivity contribution in [1.82, 2.24) is 4.98 Å². The third-order valence-electron chi connectivity index (χ3n) is 3.57. The lowest BCUT2D eigenvalue weighted by Crippen LogP contribution is -2.85. The van der Waals surface area contributed by atoms with Crippen LogP contribution in [0.25, 0.3) is 0 Å². The highest BCUT2D eigenvalue weighted by Crippen LogP contribution is 2.27. The first kappa shape index (κ1) is 18.2. The number of nitrogens with two attached hydrogens (primary N) is 1. The second-order valence-corrected chi connectivity index (χ2v) is 5.45. The van der Waals surface area contributed by atoms with Crippen LogP contribution >= 0.6 is 0 Å². The molecule has 24 heavy (non-hydrogen) atoms. The summed E-state index contributed by atoms with van der Waals surface area (Å²) in [7, 11) is 3.21. The molecule has 0 unspecified atom stereocenters. The van der Waals surface area contributed by atoms with Crippen LogP contribution in [0.5, 0.6) is 11.5 Å². The Morgan fingerprint density at radius 2 is 1.96 bits per heavy atom. The Morgan fingerprint density at radius 3 is 2.67 bits per heavy atom. The van der Waals surface area contributed by atoms with E-state index in [1.54, 1.807) is 20.4 Å². The SMILES string of the molecule is COc1ccc(COC[C@H](O)C[NH2+]Cc2cccnc2)cc1OC. The van der Waals surface area contributed by atoms with Gasteiger partial charge in [-0.05, 0) is 23.8 Å². The van der Waals surface area contributed by atoms with Gasteiger partial charge >= 0.3 is 0 Å². The van der Waals surface area contributed by atoms with E-state index in [0.717, 1.165) is 17.7 Å². The Balaban J connectivity index is 1.68. The van der Waals surface area contributed by atoms with Crippen LogP contribution in [-0.4, -0.2) is 43.6 Å². The van der Waals surface area contributed by atoms with E-state index in [1.165, 1.54) is 0 Å². The van der Waals surface area contributed by atoms with Crippen molar-refractivity contribution in [3.63, 3.8) is 0 Å². The number of benzene rings is 1. The first-order chi connectivity index (χ1) is 11.7. The second-order valence-electron chi connectivity index (χ2n) is 5.45. The lowest BCUT2D eigenvalue weighted by atomic mass is 10.2. The van der Waals surface area contributed by atoms with Crippen molar-refractivity contribution in [1.29, 1.82) is 0 Å². The number of ether oxygens (including phenoxy) is 3. The summed E-state index contributed by atoms with van der Waals surface area (Å²) >= 11 is 0. The summed E-state index contributed by atoms with van der Waals surface area (Å²) in [5.74, 6) is 1.36. The molecular weight excluding hydrogens is 308 g/mol. The fourth-order valence-electron chi connectivity index (χ4n) is 2.31. The van der Waals surface area contributed by atoms with Crippen LogP contribution < -0.4 is 14.8 Å². The number of aliphatic hydroxyl groups excluding tert-OH is 1. The van der Waals surface area contributed by atoms with E-state index in [0.29, 0.717) is 24.7 Å². The van der Waals surface area contributed by atoms with E-state index >= 15 is 0 Å². The molecule has 0 aliphatic heterocycles. The molecule has 0 aliphatic carbocycles. The van der Waals surface area contributed by atoms with Gasteiger partial charge in [0.1, 0.15) is 19.2 Å². The van der Waals surface area contributed by atoms with Gasteiger partial charge in [-0.3, -0.25) is 4.98 Å². The minimum atomic E-state index is -0.512. The van der Waals surface area contributed by atoms with Crippen LogP contribution in [0.1, 0.15) is 11.1 Å². The predicted octanol–water partition coefficient (Wildman–Crippen LogP) is 0.740. The minimum absolute atomic E-state index is 0.290. The lowest BCUT2D eigenvalue weighted by molar-refractivity contribution is -0.676. The number of aliphatic hydroxyl groups is 1. The van der Waals surface area contributed by atoms with Crippen LogP contribution in [0.2, 0.25) is 0 Å².